The summed E-state index contributed by atoms with van der Waals surface area (Å²) in [6, 6.07) is 0.123. The molecule has 0 bridgehead atoms. The summed E-state index contributed by atoms with van der Waals surface area (Å²) in [5, 5.41) is 18.1. The van der Waals surface area contributed by atoms with Crippen LogP contribution in [0.5, 0.6) is 0 Å². The molecule has 0 spiro atoms. The van der Waals surface area contributed by atoms with Gasteiger partial charge in [0.15, 0.2) is 0 Å². The molecule has 0 radical (unpaired) electrons. The predicted octanol–water partition coefficient (Wildman–Crippen LogP) is 0.639. The van der Waals surface area contributed by atoms with Gasteiger partial charge in [0.2, 0.25) is 0 Å². The van der Waals surface area contributed by atoms with E-state index in [0.717, 1.165) is 25.7 Å². The van der Waals surface area contributed by atoms with Crippen LogP contribution in [0.4, 0.5) is 0 Å². The van der Waals surface area contributed by atoms with E-state index in [1.807, 2.05) is 0 Å². The largest absolute Gasteiger partial charge is 0.396 e. The average Bonchev–Trinajstić information content (AvgIpc) is 2.17. The van der Waals surface area contributed by atoms with Crippen molar-refractivity contribution in [3.05, 3.63) is 0 Å². The number of hydrogen-bond acceptors (Lipinski definition) is 3. The van der Waals surface area contributed by atoms with Crippen LogP contribution in [0, 0.1) is 5.41 Å². The van der Waals surface area contributed by atoms with E-state index in [-0.39, 0.29) is 24.7 Å². The van der Waals surface area contributed by atoms with Crippen LogP contribution in [0.2, 0.25) is 0 Å². The van der Waals surface area contributed by atoms with Gasteiger partial charge in [0, 0.05) is 18.1 Å². The summed E-state index contributed by atoms with van der Waals surface area (Å²) in [4.78, 5) is 0. The van der Waals surface area contributed by atoms with Gasteiger partial charge >= 0.3 is 0 Å². The molecular formula is C10H21NO2. The molecule has 1 saturated carbocycles. The fourth-order valence-electron chi connectivity index (χ4n) is 2.35. The van der Waals surface area contributed by atoms with Gasteiger partial charge < -0.3 is 15.9 Å². The van der Waals surface area contributed by atoms with Gasteiger partial charge in [-0.05, 0) is 25.7 Å². The second-order valence-electron chi connectivity index (χ2n) is 4.20. The van der Waals surface area contributed by atoms with E-state index in [1.165, 1.54) is 12.8 Å². The molecule has 0 aromatic heterocycles. The molecule has 0 aromatic rings. The maximum absolute atomic E-state index is 9.38. The summed E-state index contributed by atoms with van der Waals surface area (Å²) in [5.74, 6) is 0. The number of aliphatic hydroxyl groups excluding tert-OH is 2. The van der Waals surface area contributed by atoms with Crippen molar-refractivity contribution in [1.29, 1.82) is 0 Å². The maximum atomic E-state index is 9.38. The first-order chi connectivity index (χ1) is 6.25. The number of aliphatic hydroxyl groups is 2. The van der Waals surface area contributed by atoms with Gasteiger partial charge in [-0.1, -0.05) is 12.8 Å². The minimum atomic E-state index is -0.0962. The van der Waals surface area contributed by atoms with E-state index >= 15 is 0 Å². The Bertz CT molecular complexity index is 152. The highest BCUT2D eigenvalue weighted by Crippen LogP contribution is 2.38. The average molecular weight is 187 g/mol. The van der Waals surface area contributed by atoms with Gasteiger partial charge in [0.25, 0.3) is 0 Å². The van der Waals surface area contributed by atoms with Crippen molar-refractivity contribution in [2.24, 2.45) is 11.1 Å². The minimum Gasteiger partial charge on any atom is -0.396 e. The molecule has 3 nitrogen and oxygen atoms in total. The molecule has 0 heterocycles. The van der Waals surface area contributed by atoms with Gasteiger partial charge in [-0.25, -0.2) is 0 Å². The standard InChI is InChI=1S/C10H21NO2/c11-9-4-1-2-5-10(9,8-13)6-3-7-12/h9,12-13H,1-8,11H2. The molecular weight excluding hydrogens is 166 g/mol. The monoisotopic (exact) mass is 187 g/mol. The zero-order chi connectivity index (χ0) is 9.73. The van der Waals surface area contributed by atoms with Crippen LogP contribution in [-0.4, -0.2) is 29.5 Å². The lowest BCUT2D eigenvalue weighted by Crippen LogP contribution is -2.46. The topological polar surface area (TPSA) is 66.5 Å². The molecule has 3 heteroatoms. The van der Waals surface area contributed by atoms with E-state index in [0.29, 0.717) is 0 Å². The molecule has 13 heavy (non-hydrogen) atoms. The second kappa shape index (κ2) is 4.94. The van der Waals surface area contributed by atoms with Gasteiger partial charge in [0.05, 0.1) is 6.61 Å². The Morgan fingerprint density at radius 3 is 2.62 bits per heavy atom. The summed E-state index contributed by atoms with van der Waals surface area (Å²) >= 11 is 0. The molecule has 0 saturated heterocycles. The van der Waals surface area contributed by atoms with Crippen molar-refractivity contribution in [1.82, 2.24) is 0 Å². The molecule has 0 aliphatic heterocycles. The van der Waals surface area contributed by atoms with Crippen LogP contribution in [0.15, 0.2) is 0 Å². The third kappa shape index (κ3) is 2.42. The summed E-state index contributed by atoms with van der Waals surface area (Å²) < 4.78 is 0. The molecule has 78 valence electrons. The molecule has 2 atom stereocenters. The zero-order valence-electron chi connectivity index (χ0n) is 8.21. The lowest BCUT2D eigenvalue weighted by Gasteiger charge is -2.41. The Morgan fingerprint density at radius 1 is 1.31 bits per heavy atom. The first-order valence-corrected chi connectivity index (χ1v) is 5.22. The highest BCUT2D eigenvalue weighted by molar-refractivity contribution is 4.91. The van der Waals surface area contributed by atoms with Crippen LogP contribution in [0.1, 0.15) is 38.5 Å². The van der Waals surface area contributed by atoms with Gasteiger partial charge in [-0.2, -0.15) is 0 Å². The SMILES string of the molecule is NC1CCCCC1(CO)CCCO. The van der Waals surface area contributed by atoms with E-state index < -0.39 is 0 Å². The van der Waals surface area contributed by atoms with Crippen LogP contribution >= 0.6 is 0 Å². The highest BCUT2D eigenvalue weighted by Gasteiger charge is 2.37. The third-order valence-corrected chi connectivity index (χ3v) is 3.37. The van der Waals surface area contributed by atoms with Crippen LogP contribution < -0.4 is 5.73 Å². The molecule has 4 N–H and O–H groups in total. The first kappa shape index (κ1) is 11.0. The number of rotatable bonds is 4. The van der Waals surface area contributed by atoms with Crippen molar-refractivity contribution in [3.8, 4) is 0 Å². The lowest BCUT2D eigenvalue weighted by molar-refractivity contribution is 0.0466. The fraction of sp³-hybridized carbons (Fsp3) is 1.00. The molecule has 2 unspecified atom stereocenters. The molecule has 0 aromatic carbocycles. The Kier molecular flexibility index (Phi) is 4.16. The van der Waals surface area contributed by atoms with Gasteiger partial charge in [-0.15, -0.1) is 0 Å². The minimum absolute atomic E-state index is 0.0962. The van der Waals surface area contributed by atoms with Crippen LogP contribution in [-0.2, 0) is 0 Å². The normalized spacial score (nSPS) is 34.8. The Morgan fingerprint density at radius 2 is 2.08 bits per heavy atom. The molecule has 0 amide bonds. The molecule has 1 aliphatic rings. The second-order valence-corrected chi connectivity index (χ2v) is 4.20. The van der Waals surface area contributed by atoms with Gasteiger partial charge in [-0.3, -0.25) is 0 Å². The smallest absolute Gasteiger partial charge is 0.0502 e. The third-order valence-electron chi connectivity index (χ3n) is 3.37. The maximum Gasteiger partial charge on any atom is 0.0502 e. The first-order valence-electron chi connectivity index (χ1n) is 5.22. The predicted molar refractivity (Wildman–Crippen MR) is 52.3 cm³/mol. The van der Waals surface area contributed by atoms with Crippen LogP contribution in [0.3, 0.4) is 0 Å². The Labute approximate surface area is 79.9 Å². The van der Waals surface area contributed by atoms with Crippen molar-refractivity contribution >= 4 is 0 Å². The Balaban J connectivity index is 2.53. The fourth-order valence-corrected chi connectivity index (χ4v) is 2.35. The number of hydrogen-bond donors (Lipinski definition) is 3. The van der Waals surface area contributed by atoms with Crippen LogP contribution in [0.25, 0.3) is 0 Å². The van der Waals surface area contributed by atoms with E-state index in [2.05, 4.69) is 0 Å². The lowest BCUT2D eigenvalue weighted by atomic mass is 9.68. The summed E-state index contributed by atoms with van der Waals surface area (Å²) in [5.41, 5.74) is 5.93. The van der Waals surface area contributed by atoms with Crippen molar-refractivity contribution in [2.75, 3.05) is 13.2 Å². The Hall–Kier alpha value is -0.120. The van der Waals surface area contributed by atoms with E-state index in [9.17, 15) is 5.11 Å². The van der Waals surface area contributed by atoms with Crippen molar-refractivity contribution < 1.29 is 10.2 Å². The number of nitrogens with two attached hydrogens (primary N) is 1. The summed E-state index contributed by atoms with van der Waals surface area (Å²) in [6.45, 7) is 0.378. The van der Waals surface area contributed by atoms with Gasteiger partial charge in [0.1, 0.15) is 0 Å². The highest BCUT2D eigenvalue weighted by atomic mass is 16.3. The molecule has 1 aliphatic carbocycles. The summed E-state index contributed by atoms with van der Waals surface area (Å²) in [6.07, 6.45) is 6.01. The molecule has 1 fully saturated rings. The molecule has 1 rings (SSSR count). The van der Waals surface area contributed by atoms with E-state index in [4.69, 9.17) is 10.8 Å². The summed E-state index contributed by atoms with van der Waals surface area (Å²) in [7, 11) is 0. The zero-order valence-corrected chi connectivity index (χ0v) is 8.21. The quantitative estimate of drug-likeness (QED) is 0.605. The van der Waals surface area contributed by atoms with Crippen molar-refractivity contribution in [2.45, 2.75) is 44.6 Å². The van der Waals surface area contributed by atoms with Crippen molar-refractivity contribution in [3.63, 3.8) is 0 Å². The van der Waals surface area contributed by atoms with E-state index in [1.54, 1.807) is 0 Å².